The van der Waals surface area contributed by atoms with Crippen molar-refractivity contribution in [2.75, 3.05) is 11.1 Å². The van der Waals surface area contributed by atoms with E-state index in [0.29, 0.717) is 10.6 Å². The lowest BCUT2D eigenvalue weighted by Gasteiger charge is -2.15. The first-order valence-electron chi connectivity index (χ1n) is 7.67. The van der Waals surface area contributed by atoms with Crippen molar-refractivity contribution in [3.05, 3.63) is 59.9 Å². The smallest absolute Gasteiger partial charge is 0.340 e. The Morgan fingerprint density at radius 1 is 1.20 bits per heavy atom. The van der Waals surface area contributed by atoms with Gasteiger partial charge in [0.2, 0.25) is 0 Å². The summed E-state index contributed by atoms with van der Waals surface area (Å²) >= 11 is 0. The fourth-order valence-electron chi connectivity index (χ4n) is 2.08. The van der Waals surface area contributed by atoms with Gasteiger partial charge in [-0.05, 0) is 37.3 Å². The molecule has 0 heterocycles. The molecule has 7 heteroatoms. The Morgan fingerprint density at radius 3 is 2.60 bits per heavy atom. The van der Waals surface area contributed by atoms with Crippen molar-refractivity contribution in [2.45, 2.75) is 24.8 Å². The van der Waals surface area contributed by atoms with E-state index in [2.05, 4.69) is 5.32 Å². The summed E-state index contributed by atoms with van der Waals surface area (Å²) in [6.45, 7) is 3.15. The first-order valence-corrected chi connectivity index (χ1v) is 8.99. The van der Waals surface area contributed by atoms with E-state index in [-0.39, 0.29) is 11.3 Å². The molecular formula is C18H18FNO4S. The second-order valence-corrected chi connectivity index (χ2v) is 6.89. The fourth-order valence-corrected chi connectivity index (χ4v) is 3.02. The Balaban J connectivity index is 2.07. The van der Waals surface area contributed by atoms with Gasteiger partial charge in [-0.1, -0.05) is 25.1 Å². The highest BCUT2D eigenvalue weighted by atomic mass is 32.2. The zero-order valence-corrected chi connectivity index (χ0v) is 14.6. The van der Waals surface area contributed by atoms with Gasteiger partial charge < -0.3 is 10.1 Å². The van der Waals surface area contributed by atoms with Gasteiger partial charge in [0.15, 0.2) is 6.10 Å². The average Bonchev–Trinajstić information content (AvgIpc) is 2.60. The van der Waals surface area contributed by atoms with Crippen LogP contribution in [0.1, 0.15) is 24.2 Å². The molecule has 0 saturated heterocycles. The molecule has 0 bridgehead atoms. The molecule has 5 nitrogen and oxygen atoms in total. The molecule has 1 N–H and O–H groups in total. The number of benzene rings is 2. The van der Waals surface area contributed by atoms with Crippen LogP contribution in [0.25, 0.3) is 0 Å². The van der Waals surface area contributed by atoms with Crippen LogP contribution >= 0.6 is 0 Å². The summed E-state index contributed by atoms with van der Waals surface area (Å²) in [5.41, 5.74) is 0.425. The second kappa shape index (κ2) is 8.53. The van der Waals surface area contributed by atoms with Crippen LogP contribution in [-0.4, -0.2) is 27.9 Å². The lowest BCUT2D eigenvalue weighted by molar-refractivity contribution is -0.123. The number of ether oxygens (including phenoxy) is 1. The normalized spacial score (nSPS) is 12.9. The van der Waals surface area contributed by atoms with E-state index in [4.69, 9.17) is 4.74 Å². The van der Waals surface area contributed by atoms with Crippen molar-refractivity contribution in [1.82, 2.24) is 0 Å². The minimum atomic E-state index is -1.33. The number of amides is 1. The van der Waals surface area contributed by atoms with Crippen molar-refractivity contribution in [3.63, 3.8) is 0 Å². The number of hydrogen-bond donors (Lipinski definition) is 1. The maximum atomic E-state index is 13.1. The molecule has 0 aliphatic rings. The van der Waals surface area contributed by atoms with Crippen LogP contribution < -0.4 is 5.32 Å². The Bertz CT molecular complexity index is 809. The number of carbonyl (C=O) groups is 2. The first kappa shape index (κ1) is 18.8. The monoisotopic (exact) mass is 363 g/mol. The van der Waals surface area contributed by atoms with Gasteiger partial charge in [-0.25, -0.2) is 9.18 Å². The zero-order chi connectivity index (χ0) is 18.4. The molecule has 0 aliphatic heterocycles. The number of carbonyl (C=O) groups excluding carboxylic acids is 2. The zero-order valence-electron chi connectivity index (χ0n) is 13.8. The molecule has 0 saturated carbocycles. The molecule has 2 aromatic rings. The molecule has 0 fully saturated rings. The van der Waals surface area contributed by atoms with Gasteiger partial charge in [0.1, 0.15) is 5.82 Å². The van der Waals surface area contributed by atoms with Gasteiger partial charge in [0.05, 0.1) is 21.3 Å². The number of esters is 1. The van der Waals surface area contributed by atoms with E-state index in [9.17, 15) is 18.2 Å². The average molecular weight is 363 g/mol. The van der Waals surface area contributed by atoms with Gasteiger partial charge in [0, 0.05) is 11.4 Å². The standard InChI is InChI=1S/C18H18FNO4S/c1-3-25(23)16-10-5-4-9-15(16)18(22)24-12(2)17(21)20-14-8-6-7-13(19)11-14/h4-12H,3H2,1-2H3,(H,20,21)/t12-,25-/m1/s1. The molecular weight excluding hydrogens is 345 g/mol. The summed E-state index contributed by atoms with van der Waals surface area (Å²) in [5, 5.41) is 2.47. The van der Waals surface area contributed by atoms with E-state index in [1.807, 2.05) is 0 Å². The highest BCUT2D eigenvalue weighted by molar-refractivity contribution is 7.85. The number of hydrogen-bond acceptors (Lipinski definition) is 4. The SMILES string of the molecule is CC[S@@](=O)c1ccccc1C(=O)O[C@H](C)C(=O)Nc1cccc(F)c1. The van der Waals surface area contributed by atoms with Crippen LogP contribution in [0.5, 0.6) is 0 Å². The first-order chi connectivity index (χ1) is 11.9. The molecule has 2 rings (SSSR count). The quantitative estimate of drug-likeness (QED) is 0.801. The van der Waals surface area contributed by atoms with Crippen molar-refractivity contribution in [3.8, 4) is 0 Å². The molecule has 0 aromatic heterocycles. The van der Waals surface area contributed by atoms with Gasteiger partial charge in [0.25, 0.3) is 5.91 Å². The van der Waals surface area contributed by atoms with Crippen LogP contribution in [0, 0.1) is 5.82 Å². The van der Waals surface area contributed by atoms with Gasteiger partial charge >= 0.3 is 5.97 Å². The minimum Gasteiger partial charge on any atom is -0.449 e. The Kier molecular flexibility index (Phi) is 6.41. The highest BCUT2D eigenvalue weighted by Crippen LogP contribution is 2.16. The summed E-state index contributed by atoms with van der Waals surface area (Å²) in [7, 11) is -1.33. The molecule has 0 spiro atoms. The number of halogens is 1. The second-order valence-electron chi connectivity index (χ2n) is 5.18. The molecule has 132 valence electrons. The molecule has 2 aromatic carbocycles. The molecule has 2 atom stereocenters. The summed E-state index contributed by atoms with van der Waals surface area (Å²) in [6, 6.07) is 11.8. The number of rotatable bonds is 6. The van der Waals surface area contributed by atoms with Crippen LogP contribution in [-0.2, 0) is 20.3 Å². The Labute approximate surface area is 147 Å². The highest BCUT2D eigenvalue weighted by Gasteiger charge is 2.22. The van der Waals surface area contributed by atoms with E-state index in [1.54, 1.807) is 25.1 Å². The molecule has 1 amide bonds. The van der Waals surface area contributed by atoms with Gasteiger partial charge in [-0.2, -0.15) is 0 Å². The van der Waals surface area contributed by atoms with E-state index in [0.717, 1.165) is 6.07 Å². The molecule has 25 heavy (non-hydrogen) atoms. The van der Waals surface area contributed by atoms with Crippen LogP contribution in [0.2, 0.25) is 0 Å². The third-order valence-electron chi connectivity index (χ3n) is 3.36. The number of nitrogens with one attached hydrogen (secondary N) is 1. The third-order valence-corrected chi connectivity index (χ3v) is 4.73. The number of anilines is 1. The topological polar surface area (TPSA) is 72.5 Å². The molecule has 0 aliphatic carbocycles. The fraction of sp³-hybridized carbons (Fsp3) is 0.222. The van der Waals surface area contributed by atoms with Gasteiger partial charge in [-0.15, -0.1) is 0 Å². The summed E-state index contributed by atoms with van der Waals surface area (Å²) in [6.07, 6.45) is -1.10. The van der Waals surface area contributed by atoms with Crippen LogP contribution in [0.3, 0.4) is 0 Å². The lowest BCUT2D eigenvalue weighted by Crippen LogP contribution is -2.30. The summed E-state index contributed by atoms with van der Waals surface area (Å²) in [5.74, 6) is -1.45. The van der Waals surface area contributed by atoms with E-state index >= 15 is 0 Å². The minimum absolute atomic E-state index is 0.160. The molecule has 0 radical (unpaired) electrons. The summed E-state index contributed by atoms with van der Waals surface area (Å²) < 4.78 is 30.3. The van der Waals surface area contributed by atoms with Gasteiger partial charge in [-0.3, -0.25) is 9.00 Å². The van der Waals surface area contributed by atoms with Crippen LogP contribution in [0.4, 0.5) is 10.1 Å². The Hall–Kier alpha value is -2.54. The lowest BCUT2D eigenvalue weighted by atomic mass is 10.2. The maximum absolute atomic E-state index is 13.1. The van der Waals surface area contributed by atoms with Crippen molar-refractivity contribution in [2.24, 2.45) is 0 Å². The van der Waals surface area contributed by atoms with Crippen molar-refractivity contribution in [1.29, 1.82) is 0 Å². The van der Waals surface area contributed by atoms with Crippen LogP contribution in [0.15, 0.2) is 53.4 Å². The summed E-state index contributed by atoms with van der Waals surface area (Å²) in [4.78, 5) is 24.8. The van der Waals surface area contributed by atoms with E-state index in [1.165, 1.54) is 31.2 Å². The third kappa shape index (κ3) is 4.96. The predicted molar refractivity (Wildman–Crippen MR) is 93.3 cm³/mol. The van der Waals surface area contributed by atoms with E-state index < -0.39 is 34.6 Å². The van der Waals surface area contributed by atoms with Crippen molar-refractivity contribution < 1.29 is 22.9 Å². The molecule has 0 unspecified atom stereocenters. The van der Waals surface area contributed by atoms with Crippen molar-refractivity contribution >= 4 is 28.4 Å². The predicted octanol–water partition coefficient (Wildman–Crippen LogP) is 3.14. The Morgan fingerprint density at radius 2 is 1.92 bits per heavy atom. The largest absolute Gasteiger partial charge is 0.449 e. The maximum Gasteiger partial charge on any atom is 0.340 e.